The number of hydrogen-bond acceptors (Lipinski definition) is 3. The molecule has 0 heterocycles. The van der Waals surface area contributed by atoms with Gasteiger partial charge in [-0.2, -0.15) is 0 Å². The molecule has 1 atom stereocenters. The first kappa shape index (κ1) is 16.3. The second-order valence-corrected chi connectivity index (χ2v) is 6.95. The molecular formula is C17H25N3O2. The molecule has 3 N–H and O–H groups in total. The summed E-state index contributed by atoms with van der Waals surface area (Å²) in [4.78, 5) is 23.9. The Kier molecular flexibility index (Phi) is 4.74. The van der Waals surface area contributed by atoms with Gasteiger partial charge >= 0.3 is 0 Å². The van der Waals surface area contributed by atoms with Gasteiger partial charge in [0.25, 0.3) is 0 Å². The van der Waals surface area contributed by atoms with Crippen LogP contribution in [0.1, 0.15) is 40.5 Å². The highest BCUT2D eigenvalue weighted by Gasteiger charge is 2.29. The average Bonchev–Trinajstić information content (AvgIpc) is 3.21. The maximum atomic E-state index is 12.1. The van der Waals surface area contributed by atoms with E-state index in [2.05, 4.69) is 16.0 Å². The smallest absolute Gasteiger partial charge is 0.242 e. The first-order valence-electron chi connectivity index (χ1n) is 7.74. The Morgan fingerprint density at radius 2 is 1.82 bits per heavy atom. The second kappa shape index (κ2) is 6.38. The van der Waals surface area contributed by atoms with Gasteiger partial charge in [-0.3, -0.25) is 9.59 Å². The molecule has 120 valence electrons. The Bertz CT molecular complexity index is 559. The van der Waals surface area contributed by atoms with E-state index in [1.165, 1.54) is 0 Å². The molecule has 0 aromatic heterocycles. The fourth-order valence-electron chi connectivity index (χ4n) is 2.07. The molecule has 22 heavy (non-hydrogen) atoms. The van der Waals surface area contributed by atoms with Crippen LogP contribution >= 0.6 is 0 Å². The van der Waals surface area contributed by atoms with Gasteiger partial charge in [-0.25, -0.2) is 0 Å². The van der Waals surface area contributed by atoms with E-state index in [-0.39, 0.29) is 29.3 Å². The zero-order valence-corrected chi connectivity index (χ0v) is 13.7. The van der Waals surface area contributed by atoms with Crippen LogP contribution in [0.25, 0.3) is 0 Å². The predicted molar refractivity (Wildman–Crippen MR) is 88.8 cm³/mol. The lowest BCUT2D eigenvalue weighted by Gasteiger charge is -2.24. The highest BCUT2D eigenvalue weighted by Crippen LogP contribution is 2.30. The number of nitrogens with one attached hydrogen (secondary N) is 3. The molecule has 0 spiro atoms. The quantitative estimate of drug-likeness (QED) is 0.783. The van der Waals surface area contributed by atoms with Crippen LogP contribution in [0.5, 0.6) is 0 Å². The monoisotopic (exact) mass is 303 g/mol. The van der Waals surface area contributed by atoms with Gasteiger partial charge in [0.15, 0.2) is 0 Å². The third-order valence-corrected chi connectivity index (χ3v) is 3.35. The fraction of sp³-hybridized carbons (Fsp3) is 0.529. The largest absolute Gasteiger partial charge is 0.374 e. The summed E-state index contributed by atoms with van der Waals surface area (Å²) in [5.74, 6) is 0.198. The van der Waals surface area contributed by atoms with Crippen molar-refractivity contribution in [2.24, 2.45) is 5.92 Å². The molecule has 1 aliphatic carbocycles. The Morgan fingerprint density at radius 1 is 1.18 bits per heavy atom. The minimum Gasteiger partial charge on any atom is -0.374 e. The van der Waals surface area contributed by atoms with Crippen molar-refractivity contribution < 1.29 is 9.59 Å². The van der Waals surface area contributed by atoms with Crippen LogP contribution in [0.2, 0.25) is 0 Å². The molecule has 0 aliphatic heterocycles. The lowest BCUT2D eigenvalue weighted by molar-refractivity contribution is -0.123. The summed E-state index contributed by atoms with van der Waals surface area (Å²) < 4.78 is 0. The first-order valence-corrected chi connectivity index (χ1v) is 7.74. The summed E-state index contributed by atoms with van der Waals surface area (Å²) >= 11 is 0. The van der Waals surface area contributed by atoms with Crippen molar-refractivity contribution >= 4 is 23.2 Å². The van der Waals surface area contributed by atoms with Crippen molar-refractivity contribution in [2.45, 2.75) is 52.1 Å². The number of anilines is 2. The highest BCUT2D eigenvalue weighted by atomic mass is 16.2. The van der Waals surface area contributed by atoms with Crippen LogP contribution in [0, 0.1) is 5.92 Å². The van der Waals surface area contributed by atoms with E-state index in [1.807, 2.05) is 52.0 Å². The Morgan fingerprint density at radius 3 is 2.41 bits per heavy atom. The van der Waals surface area contributed by atoms with Gasteiger partial charge in [0.1, 0.15) is 6.04 Å². The molecule has 0 unspecified atom stereocenters. The molecule has 1 saturated carbocycles. The summed E-state index contributed by atoms with van der Waals surface area (Å²) in [7, 11) is 0. The molecular weight excluding hydrogens is 278 g/mol. The standard InChI is InChI=1S/C17H25N3O2/c1-11(15(21)20-17(2,3)4)18-13-6-5-7-14(10-13)19-16(22)12-8-9-12/h5-7,10-12,18H,8-9H2,1-4H3,(H,19,22)(H,20,21)/t11-/m0/s1. The highest BCUT2D eigenvalue weighted by molar-refractivity contribution is 5.94. The van der Waals surface area contributed by atoms with Gasteiger partial charge in [-0.15, -0.1) is 0 Å². The van der Waals surface area contributed by atoms with Crippen molar-refractivity contribution in [1.82, 2.24) is 5.32 Å². The SMILES string of the molecule is C[C@H](Nc1cccc(NC(=O)C2CC2)c1)C(=O)NC(C)(C)C. The van der Waals surface area contributed by atoms with E-state index in [9.17, 15) is 9.59 Å². The van der Waals surface area contributed by atoms with Crippen LogP contribution in [-0.4, -0.2) is 23.4 Å². The lowest BCUT2D eigenvalue weighted by Crippen LogP contribution is -2.47. The Labute approximate surface area is 131 Å². The molecule has 0 bridgehead atoms. The van der Waals surface area contributed by atoms with E-state index in [0.29, 0.717) is 0 Å². The molecule has 1 aromatic carbocycles. The Balaban J connectivity index is 1.94. The minimum atomic E-state index is -0.353. The topological polar surface area (TPSA) is 70.2 Å². The van der Waals surface area contributed by atoms with E-state index in [1.54, 1.807) is 0 Å². The zero-order valence-electron chi connectivity index (χ0n) is 13.7. The Hall–Kier alpha value is -2.04. The molecule has 1 aromatic rings. The fourth-order valence-corrected chi connectivity index (χ4v) is 2.07. The van der Waals surface area contributed by atoms with Crippen LogP contribution in [-0.2, 0) is 9.59 Å². The van der Waals surface area contributed by atoms with Crippen molar-refractivity contribution in [3.05, 3.63) is 24.3 Å². The minimum absolute atomic E-state index is 0.0556. The zero-order chi connectivity index (χ0) is 16.3. The number of benzene rings is 1. The van der Waals surface area contributed by atoms with Crippen molar-refractivity contribution in [3.63, 3.8) is 0 Å². The van der Waals surface area contributed by atoms with Gasteiger partial charge in [-0.1, -0.05) is 6.07 Å². The van der Waals surface area contributed by atoms with Gasteiger partial charge in [0.05, 0.1) is 0 Å². The number of hydrogen-bond donors (Lipinski definition) is 3. The summed E-state index contributed by atoms with van der Waals surface area (Å²) in [5, 5.41) is 9.00. The average molecular weight is 303 g/mol. The normalized spacial score (nSPS) is 15.8. The molecule has 1 aliphatic rings. The maximum Gasteiger partial charge on any atom is 0.242 e. The van der Waals surface area contributed by atoms with Gasteiger partial charge < -0.3 is 16.0 Å². The summed E-state index contributed by atoms with van der Waals surface area (Å²) in [6.07, 6.45) is 1.96. The number of amides is 2. The van der Waals surface area contributed by atoms with Crippen LogP contribution in [0.3, 0.4) is 0 Å². The summed E-state index contributed by atoms with van der Waals surface area (Å²) in [5.41, 5.74) is 1.31. The van der Waals surface area contributed by atoms with E-state index in [4.69, 9.17) is 0 Å². The maximum absolute atomic E-state index is 12.1. The molecule has 1 fully saturated rings. The second-order valence-electron chi connectivity index (χ2n) is 6.95. The first-order chi connectivity index (χ1) is 10.2. The van der Waals surface area contributed by atoms with Gasteiger partial charge in [0.2, 0.25) is 11.8 Å². The number of rotatable bonds is 5. The molecule has 2 amide bonds. The van der Waals surface area contributed by atoms with E-state index in [0.717, 1.165) is 24.2 Å². The molecule has 2 rings (SSSR count). The molecule has 5 heteroatoms. The lowest BCUT2D eigenvalue weighted by atomic mass is 10.1. The van der Waals surface area contributed by atoms with E-state index < -0.39 is 0 Å². The third kappa shape index (κ3) is 5.06. The molecule has 0 saturated heterocycles. The van der Waals surface area contributed by atoms with Crippen molar-refractivity contribution in [2.75, 3.05) is 10.6 Å². The number of carbonyl (C=O) groups excluding carboxylic acids is 2. The summed E-state index contributed by atoms with van der Waals surface area (Å²) in [6, 6.07) is 7.09. The van der Waals surface area contributed by atoms with Gasteiger partial charge in [-0.05, 0) is 58.7 Å². The van der Waals surface area contributed by atoms with Crippen LogP contribution in [0.15, 0.2) is 24.3 Å². The van der Waals surface area contributed by atoms with Crippen LogP contribution in [0.4, 0.5) is 11.4 Å². The summed E-state index contributed by atoms with van der Waals surface area (Å²) in [6.45, 7) is 7.67. The third-order valence-electron chi connectivity index (χ3n) is 3.35. The van der Waals surface area contributed by atoms with Gasteiger partial charge in [0, 0.05) is 22.8 Å². The molecule has 5 nitrogen and oxygen atoms in total. The predicted octanol–water partition coefficient (Wildman–Crippen LogP) is 2.75. The van der Waals surface area contributed by atoms with Crippen LogP contribution < -0.4 is 16.0 Å². The van der Waals surface area contributed by atoms with Crippen molar-refractivity contribution in [3.8, 4) is 0 Å². The van der Waals surface area contributed by atoms with Crippen molar-refractivity contribution in [1.29, 1.82) is 0 Å². The molecule has 0 radical (unpaired) electrons. The van der Waals surface area contributed by atoms with E-state index >= 15 is 0 Å². The number of carbonyl (C=O) groups is 2.